The Labute approximate surface area is 182 Å². The highest BCUT2D eigenvalue weighted by Gasteiger charge is 2.22. The Balaban J connectivity index is 1.53. The first-order valence-corrected chi connectivity index (χ1v) is 10.00. The summed E-state index contributed by atoms with van der Waals surface area (Å²) in [7, 11) is 0. The number of hydrogen-bond acceptors (Lipinski definition) is 11. The number of nitrogen functional groups attached to an aromatic ring is 1. The molecule has 2 aromatic rings. The van der Waals surface area contributed by atoms with Gasteiger partial charge in [0.15, 0.2) is 18.4 Å². The average Bonchev–Trinajstić information content (AvgIpc) is 2.75. The molecule has 0 radical (unpaired) electrons. The Morgan fingerprint density at radius 3 is 2.56 bits per heavy atom. The molecule has 0 saturated carbocycles. The molecule has 0 fully saturated rings. The van der Waals surface area contributed by atoms with E-state index < -0.39 is 24.5 Å². The third kappa shape index (κ3) is 6.07. The fourth-order valence-corrected chi connectivity index (χ4v) is 3.21. The number of aliphatic hydroxyl groups is 4. The van der Waals surface area contributed by atoms with Crippen LogP contribution in [0.5, 0.6) is 0 Å². The molecule has 0 bridgehead atoms. The molecule has 11 N–H and O–H groups in total. The molecule has 174 valence electrons. The van der Waals surface area contributed by atoms with Crippen LogP contribution in [-0.4, -0.2) is 74.1 Å². The normalized spacial score (nSPS) is 16.1. The summed E-state index contributed by atoms with van der Waals surface area (Å²) in [5.41, 5.74) is 6.53. The molecule has 1 amide bonds. The van der Waals surface area contributed by atoms with E-state index in [-0.39, 0.29) is 30.4 Å². The van der Waals surface area contributed by atoms with Crippen molar-refractivity contribution in [2.45, 2.75) is 37.5 Å². The first-order valence-electron chi connectivity index (χ1n) is 10.00. The molecule has 1 unspecified atom stereocenters. The van der Waals surface area contributed by atoms with E-state index in [1.54, 1.807) is 24.3 Å². The predicted octanol–water partition coefficient (Wildman–Crippen LogP) is -1.83. The molecule has 1 aromatic carbocycles. The number of rotatable bonds is 9. The Morgan fingerprint density at radius 1 is 1.19 bits per heavy atom. The maximum Gasteiger partial charge on any atom is 0.277 e. The fraction of sp³-hybridized carbons (Fsp3) is 0.421. The number of aromatic nitrogens is 2. The van der Waals surface area contributed by atoms with Crippen molar-refractivity contribution in [2.24, 2.45) is 0 Å². The number of H-pyrrole nitrogens is 1. The van der Waals surface area contributed by atoms with Crippen molar-refractivity contribution < 1.29 is 25.2 Å². The average molecular weight is 449 g/mol. The summed E-state index contributed by atoms with van der Waals surface area (Å²) in [6.45, 7) is 0.994. The van der Waals surface area contributed by atoms with Crippen molar-refractivity contribution in [3.63, 3.8) is 0 Å². The van der Waals surface area contributed by atoms with Gasteiger partial charge in [0, 0.05) is 30.8 Å². The Hall–Kier alpha value is -3.39. The molecule has 13 heteroatoms. The van der Waals surface area contributed by atoms with Gasteiger partial charge in [0.1, 0.15) is 5.69 Å². The lowest BCUT2D eigenvalue weighted by molar-refractivity contribution is -0.0817. The van der Waals surface area contributed by atoms with E-state index in [0.29, 0.717) is 30.2 Å². The standard InChI is InChI=1S/C19H27N7O6/c20-19-25-15-14(17(30)26-19)23-11(8-22-15)7-21-10-3-1-9(2-4-10)16(29)24-12(18(31)32)5-6-13(27)28/h1-4,11-13,18,21,23,27-28,31-32H,5-8H2,(H,24,29)(H4,20,22,25,26,30)/t11-,12?/m0/s1. The first kappa shape index (κ1) is 23.3. The van der Waals surface area contributed by atoms with Crippen molar-refractivity contribution in [1.82, 2.24) is 15.3 Å². The number of nitrogens with two attached hydrogens (primary N) is 1. The van der Waals surface area contributed by atoms with E-state index in [2.05, 4.69) is 31.2 Å². The number of anilines is 4. The van der Waals surface area contributed by atoms with Crippen LogP contribution in [0.1, 0.15) is 23.2 Å². The molecule has 2 heterocycles. The van der Waals surface area contributed by atoms with Crippen LogP contribution >= 0.6 is 0 Å². The van der Waals surface area contributed by atoms with Crippen LogP contribution in [0.15, 0.2) is 29.1 Å². The van der Waals surface area contributed by atoms with Crippen molar-refractivity contribution in [3.8, 4) is 0 Å². The Morgan fingerprint density at radius 2 is 1.91 bits per heavy atom. The van der Waals surface area contributed by atoms with E-state index >= 15 is 0 Å². The number of amides is 1. The second kappa shape index (κ2) is 10.3. The van der Waals surface area contributed by atoms with Crippen LogP contribution in [0.25, 0.3) is 0 Å². The minimum Gasteiger partial charge on any atom is -0.383 e. The number of fused-ring (bicyclic) bond motifs is 1. The maximum absolute atomic E-state index is 12.3. The second-order valence-corrected chi connectivity index (χ2v) is 7.41. The molecule has 32 heavy (non-hydrogen) atoms. The highest BCUT2D eigenvalue weighted by molar-refractivity contribution is 5.94. The largest absolute Gasteiger partial charge is 0.383 e. The SMILES string of the molecule is Nc1nc2c(c(=O)[nH]1)N[C@@H](CNc1ccc(C(=O)NC(CCC(O)O)C(O)O)cc1)CN2. The third-order valence-corrected chi connectivity index (χ3v) is 4.91. The van der Waals surface area contributed by atoms with Gasteiger partial charge in [0.25, 0.3) is 11.5 Å². The molecule has 0 saturated heterocycles. The summed E-state index contributed by atoms with van der Waals surface area (Å²) < 4.78 is 0. The Kier molecular flexibility index (Phi) is 7.48. The van der Waals surface area contributed by atoms with E-state index in [0.717, 1.165) is 5.69 Å². The molecule has 0 spiro atoms. The molecule has 3 rings (SSSR count). The molecular weight excluding hydrogens is 422 g/mol. The number of hydrogen-bond donors (Lipinski definition) is 10. The summed E-state index contributed by atoms with van der Waals surface area (Å²) in [6.07, 6.45) is -3.57. The topological polar surface area (TPSA) is 218 Å². The van der Waals surface area contributed by atoms with Crippen molar-refractivity contribution >= 4 is 29.0 Å². The van der Waals surface area contributed by atoms with Crippen LogP contribution in [0.4, 0.5) is 23.1 Å². The quantitative estimate of drug-likeness (QED) is 0.192. The Bertz CT molecular complexity index is 979. The fourth-order valence-electron chi connectivity index (χ4n) is 3.21. The number of aromatic amines is 1. The second-order valence-electron chi connectivity index (χ2n) is 7.41. The highest BCUT2D eigenvalue weighted by atomic mass is 16.5. The van der Waals surface area contributed by atoms with Gasteiger partial charge in [0.2, 0.25) is 5.95 Å². The molecule has 2 atom stereocenters. The minimum absolute atomic E-state index is 0.0167. The van der Waals surface area contributed by atoms with E-state index in [1.165, 1.54) is 0 Å². The molecular formula is C19H27N7O6. The van der Waals surface area contributed by atoms with E-state index in [1.807, 2.05) is 0 Å². The van der Waals surface area contributed by atoms with E-state index in [4.69, 9.17) is 15.9 Å². The van der Waals surface area contributed by atoms with Crippen molar-refractivity contribution in [3.05, 3.63) is 40.2 Å². The smallest absolute Gasteiger partial charge is 0.277 e. The van der Waals surface area contributed by atoms with Gasteiger partial charge in [-0.2, -0.15) is 4.98 Å². The summed E-state index contributed by atoms with van der Waals surface area (Å²) in [5, 5.41) is 48.4. The summed E-state index contributed by atoms with van der Waals surface area (Å²) in [5.74, 6) is -0.0879. The van der Waals surface area contributed by atoms with Gasteiger partial charge in [-0.25, -0.2) is 0 Å². The van der Waals surface area contributed by atoms with Gasteiger partial charge in [-0.1, -0.05) is 0 Å². The van der Waals surface area contributed by atoms with Gasteiger partial charge in [-0.3, -0.25) is 14.6 Å². The lowest BCUT2D eigenvalue weighted by atomic mass is 10.1. The number of nitrogens with zero attached hydrogens (tertiary/aromatic N) is 1. The van der Waals surface area contributed by atoms with Gasteiger partial charge in [-0.05, 0) is 30.7 Å². The minimum atomic E-state index is -1.83. The van der Waals surface area contributed by atoms with Crippen LogP contribution in [-0.2, 0) is 0 Å². The summed E-state index contributed by atoms with van der Waals surface area (Å²) in [6, 6.07) is 5.37. The molecule has 0 aliphatic carbocycles. The zero-order valence-electron chi connectivity index (χ0n) is 17.1. The summed E-state index contributed by atoms with van der Waals surface area (Å²) in [4.78, 5) is 30.8. The van der Waals surface area contributed by atoms with Crippen LogP contribution in [0.2, 0.25) is 0 Å². The van der Waals surface area contributed by atoms with E-state index in [9.17, 15) is 19.8 Å². The number of benzene rings is 1. The number of carbonyl (C=O) groups excluding carboxylic acids is 1. The van der Waals surface area contributed by atoms with Gasteiger partial charge >= 0.3 is 0 Å². The number of nitrogens with one attached hydrogen (secondary N) is 5. The van der Waals surface area contributed by atoms with Gasteiger partial charge < -0.3 is 47.4 Å². The lowest BCUT2D eigenvalue weighted by Gasteiger charge is -2.27. The van der Waals surface area contributed by atoms with Gasteiger partial charge in [0.05, 0.1) is 12.1 Å². The number of carbonyl (C=O) groups is 1. The zero-order chi connectivity index (χ0) is 23.3. The predicted molar refractivity (Wildman–Crippen MR) is 117 cm³/mol. The molecule has 1 aliphatic rings. The monoisotopic (exact) mass is 449 g/mol. The highest BCUT2D eigenvalue weighted by Crippen LogP contribution is 2.20. The zero-order valence-corrected chi connectivity index (χ0v) is 17.1. The first-order chi connectivity index (χ1) is 15.2. The third-order valence-electron chi connectivity index (χ3n) is 4.91. The lowest BCUT2D eigenvalue weighted by Crippen LogP contribution is -2.43. The van der Waals surface area contributed by atoms with Crippen LogP contribution in [0.3, 0.4) is 0 Å². The van der Waals surface area contributed by atoms with Gasteiger partial charge in [-0.15, -0.1) is 0 Å². The maximum atomic E-state index is 12.3. The molecule has 1 aliphatic heterocycles. The van der Waals surface area contributed by atoms with Crippen molar-refractivity contribution in [2.75, 3.05) is 34.8 Å². The van der Waals surface area contributed by atoms with Crippen molar-refractivity contribution in [1.29, 1.82) is 0 Å². The molecule has 13 nitrogen and oxygen atoms in total. The van der Waals surface area contributed by atoms with Crippen LogP contribution in [0, 0.1) is 0 Å². The number of aliphatic hydroxyl groups excluding tert-OH is 2. The molecule has 1 aromatic heterocycles. The van der Waals surface area contributed by atoms with Crippen LogP contribution < -0.4 is 32.6 Å². The summed E-state index contributed by atoms with van der Waals surface area (Å²) >= 11 is 0.